The summed E-state index contributed by atoms with van der Waals surface area (Å²) in [4.78, 5) is 28.1. The molecule has 0 radical (unpaired) electrons. The number of likely N-dealkylation sites (tertiary alicyclic amines) is 2. The summed E-state index contributed by atoms with van der Waals surface area (Å²) in [6, 6.07) is 17.2. The molecule has 9 aliphatic rings. The van der Waals surface area contributed by atoms with Crippen LogP contribution in [0.3, 0.4) is 0 Å². The molecule has 7 heterocycles. The van der Waals surface area contributed by atoms with Crippen molar-refractivity contribution in [3.8, 4) is 11.8 Å². The molecule has 2 aromatic carbocycles. The number of nitrogens with one attached hydrogen (secondary N) is 5. The Bertz CT molecular complexity index is 2240. The van der Waals surface area contributed by atoms with Gasteiger partial charge in [0.25, 0.3) is 0 Å². The summed E-state index contributed by atoms with van der Waals surface area (Å²) in [5.41, 5.74) is 12.3. The third kappa shape index (κ3) is 11.2. The Morgan fingerprint density at radius 1 is 0.917 bits per heavy atom. The molecule has 2 saturated carbocycles. The lowest BCUT2D eigenvalue weighted by molar-refractivity contribution is -0.126. The van der Waals surface area contributed by atoms with Gasteiger partial charge in [0.05, 0.1) is 53.2 Å². The van der Waals surface area contributed by atoms with Crippen molar-refractivity contribution in [3.63, 3.8) is 0 Å². The number of nitriles is 1. The molecule has 2 aliphatic carbocycles. The number of carbonyl (C=O) groups is 1. The molecular weight excluding hydrogens is 940 g/mol. The van der Waals surface area contributed by atoms with Crippen molar-refractivity contribution in [1.29, 1.82) is 5.26 Å². The maximum Gasteiger partial charge on any atom is 0.223 e. The minimum absolute atomic E-state index is 0.0410. The zero-order valence-corrected chi connectivity index (χ0v) is 45.0. The van der Waals surface area contributed by atoms with Gasteiger partial charge in [-0.2, -0.15) is 5.26 Å². The fraction of sp³-hybridized carbons (Fsp3) is 0.737. The van der Waals surface area contributed by atoms with Gasteiger partial charge in [-0.3, -0.25) is 29.8 Å². The molecule has 10 unspecified atom stereocenters. The second-order valence-electron chi connectivity index (χ2n) is 24.0. The zero-order chi connectivity index (χ0) is 49.4. The first-order chi connectivity index (χ1) is 35.0. The first kappa shape index (κ1) is 51.3. The number of hydrogen-bond acceptors (Lipinski definition) is 13. The van der Waals surface area contributed by atoms with Crippen LogP contribution < -0.4 is 31.5 Å². The van der Waals surface area contributed by atoms with E-state index in [1.807, 2.05) is 6.07 Å². The molecule has 11 rings (SSSR count). The molecule has 0 aromatic heterocycles. The maximum atomic E-state index is 14.3. The molecular formula is C57H83ClN10O3S. The Labute approximate surface area is 439 Å². The summed E-state index contributed by atoms with van der Waals surface area (Å²) in [6.07, 6.45) is 19.8. The van der Waals surface area contributed by atoms with Gasteiger partial charge in [-0.25, -0.2) is 10.9 Å². The van der Waals surface area contributed by atoms with Crippen LogP contribution in [0.4, 0.5) is 0 Å². The van der Waals surface area contributed by atoms with Crippen molar-refractivity contribution in [1.82, 2.24) is 41.5 Å². The fourth-order valence-corrected chi connectivity index (χ4v) is 16.8. The highest BCUT2D eigenvalue weighted by Gasteiger charge is 2.54. The van der Waals surface area contributed by atoms with Crippen LogP contribution in [0.1, 0.15) is 147 Å². The second kappa shape index (κ2) is 22.4. The van der Waals surface area contributed by atoms with E-state index >= 15 is 0 Å². The van der Waals surface area contributed by atoms with E-state index < -0.39 is 0 Å². The largest absolute Gasteiger partial charge is 0.490 e. The number of carbonyl (C=O) groups excluding carboxylic acids is 1. The summed E-state index contributed by atoms with van der Waals surface area (Å²) >= 11 is 8.42. The third-order valence-electron chi connectivity index (χ3n) is 19.2. The summed E-state index contributed by atoms with van der Waals surface area (Å²) in [6.45, 7) is 15.5. The van der Waals surface area contributed by atoms with Crippen molar-refractivity contribution in [3.05, 3.63) is 64.2 Å². The molecule has 2 spiro atoms. The van der Waals surface area contributed by atoms with Crippen LogP contribution in [0.25, 0.3) is 0 Å². The molecule has 1 amide bonds. The predicted octanol–water partition coefficient (Wildman–Crippen LogP) is 8.37. The lowest BCUT2D eigenvalue weighted by Gasteiger charge is -2.55. The van der Waals surface area contributed by atoms with Gasteiger partial charge in [0.2, 0.25) is 5.91 Å². The molecule has 392 valence electrons. The van der Waals surface area contributed by atoms with E-state index in [9.17, 15) is 10.1 Å². The molecule has 7 aliphatic heterocycles. The van der Waals surface area contributed by atoms with Crippen LogP contribution in [0, 0.1) is 39.9 Å². The average molecular weight is 1020 g/mol. The van der Waals surface area contributed by atoms with Crippen LogP contribution in [0.2, 0.25) is 5.02 Å². The van der Waals surface area contributed by atoms with Gasteiger partial charge in [-0.1, -0.05) is 75.4 Å². The smallest absolute Gasteiger partial charge is 0.223 e. The van der Waals surface area contributed by atoms with E-state index in [1.165, 1.54) is 81.3 Å². The topological polar surface area (TPSA) is 142 Å². The van der Waals surface area contributed by atoms with Gasteiger partial charge in [-0.05, 0) is 124 Å². The van der Waals surface area contributed by atoms with Crippen molar-refractivity contribution in [2.24, 2.45) is 33.6 Å². The fourth-order valence-electron chi connectivity index (χ4n) is 14.7. The number of hydrazine groups is 1. The Balaban J connectivity index is 0.690. The maximum absolute atomic E-state index is 14.3. The summed E-state index contributed by atoms with van der Waals surface area (Å²) in [7, 11) is 0. The quantitative estimate of drug-likeness (QED) is 0.156. The van der Waals surface area contributed by atoms with Crippen LogP contribution in [-0.4, -0.2) is 126 Å². The minimum atomic E-state index is 0.0410. The molecule has 6 saturated heterocycles. The Kier molecular flexibility index (Phi) is 16.0. The van der Waals surface area contributed by atoms with Gasteiger partial charge in [0.1, 0.15) is 18.0 Å². The third-order valence-corrected chi connectivity index (χ3v) is 21.2. The Hall–Kier alpha value is -2.81. The highest BCUT2D eigenvalue weighted by molar-refractivity contribution is 8.00. The van der Waals surface area contributed by atoms with Gasteiger partial charge in [-0.15, -0.1) is 11.8 Å². The van der Waals surface area contributed by atoms with E-state index in [0.717, 1.165) is 97.1 Å². The monoisotopic (exact) mass is 1020 g/mol. The number of rotatable bonds is 10. The number of nitrogens with zero attached hydrogens (tertiary/aromatic N) is 5. The highest BCUT2D eigenvalue weighted by atomic mass is 35.5. The standard InChI is InChI=1S/C57H83ClN10O3S/c1-37-38(2)72-55-51(37)52(63-48(31-50-60-26-29-70-50)53-65-64-39(3)68(53)55)41-10-8-40(9-11-41)33-66-35-57(36-66)24-27-67(28-25-57)49-19-13-42(20-23-56(34-61-49)21-6-4-5-7-22-56)54(69)62-44-14-17-45(18-15-44)71-46-16-12-43(32-59)47(58)30-46/h8-12,16,30,37-39,42,44-45,48-51,53,55,60-61,64-65H,4-7,13-15,17-29,31,33-36H2,1-3H3,(H,62,69). The zero-order valence-electron chi connectivity index (χ0n) is 43.4. The van der Waals surface area contributed by atoms with Gasteiger partial charge < -0.3 is 20.1 Å². The number of piperidine rings is 1. The van der Waals surface area contributed by atoms with Crippen molar-refractivity contribution in [2.75, 3.05) is 45.9 Å². The summed E-state index contributed by atoms with van der Waals surface area (Å²) in [5, 5.41) is 21.9. The molecule has 8 fully saturated rings. The van der Waals surface area contributed by atoms with Crippen LogP contribution in [0.5, 0.6) is 5.75 Å². The molecule has 5 N–H and O–H groups in total. The number of ether oxygens (including phenoxy) is 2. The Morgan fingerprint density at radius 2 is 1.69 bits per heavy atom. The number of benzene rings is 2. The van der Waals surface area contributed by atoms with Crippen molar-refractivity contribution < 1.29 is 14.3 Å². The molecule has 15 heteroatoms. The van der Waals surface area contributed by atoms with Crippen molar-refractivity contribution >= 4 is 35.0 Å². The number of hydrogen-bond donors (Lipinski definition) is 5. The summed E-state index contributed by atoms with van der Waals surface area (Å²) < 4.78 is 12.4. The average Bonchev–Trinajstić information content (AvgIpc) is 4.04. The number of halogens is 1. The van der Waals surface area contributed by atoms with Crippen LogP contribution >= 0.6 is 23.4 Å². The first-order valence-electron chi connectivity index (χ1n) is 28.4. The Morgan fingerprint density at radius 3 is 2.42 bits per heavy atom. The molecule has 10 atom stereocenters. The minimum Gasteiger partial charge on any atom is -0.490 e. The highest BCUT2D eigenvalue weighted by Crippen LogP contribution is 2.50. The molecule has 0 bridgehead atoms. The number of thioether (sulfide) groups is 1. The second-order valence-corrected chi connectivity index (χ2v) is 25.9. The van der Waals surface area contributed by atoms with E-state index in [4.69, 9.17) is 26.1 Å². The lowest BCUT2D eigenvalue weighted by atomic mass is 9.71. The summed E-state index contributed by atoms with van der Waals surface area (Å²) in [5.74, 6) is 1.92. The van der Waals surface area contributed by atoms with E-state index in [1.54, 1.807) is 12.1 Å². The van der Waals surface area contributed by atoms with Crippen LogP contribution in [-0.2, 0) is 16.1 Å². The van der Waals surface area contributed by atoms with Gasteiger partial charge >= 0.3 is 0 Å². The predicted molar refractivity (Wildman–Crippen MR) is 287 cm³/mol. The van der Waals surface area contributed by atoms with E-state index in [2.05, 4.69) is 104 Å². The number of aliphatic imine (C=N–C) groups is 1. The van der Waals surface area contributed by atoms with E-state index in [-0.39, 0.29) is 48.6 Å². The first-order valence-corrected chi connectivity index (χ1v) is 29.7. The van der Waals surface area contributed by atoms with Gasteiger partial charge in [0, 0.05) is 87.1 Å². The SMILES string of the molecule is CC1SC2C(C(c3ccc(CN4CC5(CCN(C6CCC(C(=O)NC7CCC(Oc8ccc(C#N)c(Cl)c8)CC7)CCC7(CCCCCC7)CN6)CC5)C4)cc3)=NC(CC3NCCO3)C3NNC(C)N32)C1C. The number of fused-ring (bicyclic) bond motifs is 3. The van der Waals surface area contributed by atoms with E-state index in [0.29, 0.717) is 55.8 Å². The van der Waals surface area contributed by atoms with Crippen molar-refractivity contribution in [2.45, 2.75) is 190 Å². The van der Waals surface area contributed by atoms with Crippen LogP contribution in [0.15, 0.2) is 47.5 Å². The molecule has 13 nitrogen and oxygen atoms in total. The molecule has 72 heavy (non-hydrogen) atoms. The van der Waals surface area contributed by atoms with Gasteiger partial charge in [0.15, 0.2) is 0 Å². The number of amides is 1. The molecule has 2 aromatic rings. The lowest BCUT2D eigenvalue weighted by Crippen LogP contribution is -2.62. The normalized spacial score (nSPS) is 36.4.